The Bertz CT molecular complexity index is 676. The van der Waals surface area contributed by atoms with Crippen molar-refractivity contribution in [3.05, 3.63) is 39.3 Å². The molecule has 0 aromatic carbocycles. The third-order valence-electron chi connectivity index (χ3n) is 2.57. The van der Waals surface area contributed by atoms with Crippen LogP contribution < -0.4 is 9.46 Å². The maximum absolute atomic E-state index is 12.1. The van der Waals surface area contributed by atoms with Crippen molar-refractivity contribution in [1.29, 1.82) is 0 Å². The first-order valence-corrected chi connectivity index (χ1v) is 8.76. The third kappa shape index (κ3) is 3.57. The van der Waals surface area contributed by atoms with Crippen molar-refractivity contribution in [2.75, 3.05) is 7.11 Å². The zero-order valence-corrected chi connectivity index (χ0v) is 14.1. The van der Waals surface area contributed by atoms with Crippen LogP contribution >= 0.6 is 27.3 Å². The summed E-state index contributed by atoms with van der Waals surface area (Å²) in [6, 6.07) is 5.10. The Labute approximate surface area is 130 Å². The van der Waals surface area contributed by atoms with Crippen molar-refractivity contribution in [1.82, 2.24) is 9.71 Å². The van der Waals surface area contributed by atoms with Gasteiger partial charge >= 0.3 is 0 Å². The zero-order valence-electron chi connectivity index (χ0n) is 10.9. The third-order valence-corrected chi connectivity index (χ3v) is 6.58. The van der Waals surface area contributed by atoms with Crippen molar-refractivity contribution < 1.29 is 13.2 Å². The number of methoxy groups -OCH3 is 1. The van der Waals surface area contributed by atoms with Gasteiger partial charge in [0.1, 0.15) is 4.21 Å². The molecule has 0 aliphatic rings. The second kappa shape index (κ2) is 6.21. The molecule has 5 nitrogen and oxygen atoms in total. The Morgan fingerprint density at radius 2 is 2.20 bits per heavy atom. The van der Waals surface area contributed by atoms with E-state index in [0.29, 0.717) is 10.1 Å². The number of rotatable bonds is 5. The predicted molar refractivity (Wildman–Crippen MR) is 81.6 cm³/mol. The lowest BCUT2D eigenvalue weighted by molar-refractivity contribution is 0.397. The van der Waals surface area contributed by atoms with Gasteiger partial charge in [0.05, 0.1) is 10.9 Å². The fourth-order valence-electron chi connectivity index (χ4n) is 1.45. The molecule has 1 N–H and O–H groups in total. The Balaban J connectivity index is 2.08. The Kier molecular flexibility index (Phi) is 4.79. The summed E-state index contributed by atoms with van der Waals surface area (Å²) in [4.78, 5) is 4.03. The number of hydrogen-bond donors (Lipinski definition) is 1. The highest BCUT2D eigenvalue weighted by molar-refractivity contribution is 9.11. The van der Waals surface area contributed by atoms with Gasteiger partial charge in [-0.25, -0.2) is 18.1 Å². The maximum Gasteiger partial charge on any atom is 0.250 e. The van der Waals surface area contributed by atoms with Crippen LogP contribution in [0.1, 0.15) is 11.1 Å². The molecule has 0 unspecified atom stereocenters. The first-order chi connectivity index (χ1) is 9.42. The standard InChI is InChI=1S/C12H13BrN2O3S2/c1-8-5-11(19-12(8)13)20(16,17)15-7-9-3-4-10(18-2)14-6-9/h3-6,15H,7H2,1-2H3. The molecule has 0 radical (unpaired) electrons. The quantitative estimate of drug-likeness (QED) is 0.870. The molecule has 0 atom stereocenters. The number of hydrogen-bond acceptors (Lipinski definition) is 5. The van der Waals surface area contributed by atoms with Crippen molar-refractivity contribution in [3.8, 4) is 5.88 Å². The van der Waals surface area contributed by atoms with Crippen LogP contribution in [0.15, 0.2) is 32.4 Å². The lowest BCUT2D eigenvalue weighted by atomic mass is 10.3. The summed E-state index contributed by atoms with van der Waals surface area (Å²) < 4.78 is 32.9. The molecule has 2 heterocycles. The molecule has 2 aromatic rings. The van der Waals surface area contributed by atoms with Gasteiger partial charge in [0.2, 0.25) is 15.9 Å². The van der Waals surface area contributed by atoms with Crippen LogP contribution in [0.25, 0.3) is 0 Å². The molecule has 0 aliphatic carbocycles. The van der Waals surface area contributed by atoms with Crippen molar-refractivity contribution >= 4 is 37.3 Å². The molecule has 2 rings (SSSR count). The smallest absolute Gasteiger partial charge is 0.250 e. The summed E-state index contributed by atoms with van der Waals surface area (Å²) >= 11 is 4.52. The summed E-state index contributed by atoms with van der Waals surface area (Å²) in [6.45, 7) is 2.04. The van der Waals surface area contributed by atoms with Crippen LogP contribution in [0.4, 0.5) is 0 Å². The van der Waals surface area contributed by atoms with Crippen LogP contribution in [-0.2, 0) is 16.6 Å². The number of aryl methyl sites for hydroxylation is 1. The highest BCUT2D eigenvalue weighted by Crippen LogP contribution is 2.30. The number of halogens is 1. The van der Waals surface area contributed by atoms with Crippen molar-refractivity contribution in [2.24, 2.45) is 0 Å². The van der Waals surface area contributed by atoms with Crippen molar-refractivity contribution in [3.63, 3.8) is 0 Å². The van der Waals surface area contributed by atoms with E-state index < -0.39 is 10.0 Å². The molecule has 0 saturated carbocycles. The number of nitrogens with zero attached hydrogens (tertiary/aromatic N) is 1. The van der Waals surface area contributed by atoms with Crippen LogP contribution in [0.5, 0.6) is 5.88 Å². The van der Waals surface area contributed by atoms with Gasteiger partial charge in [-0.3, -0.25) is 0 Å². The van der Waals surface area contributed by atoms with E-state index in [1.54, 1.807) is 24.4 Å². The zero-order chi connectivity index (χ0) is 14.8. The Morgan fingerprint density at radius 3 is 2.70 bits per heavy atom. The first kappa shape index (κ1) is 15.4. The second-order valence-corrected chi connectivity index (χ2v) is 8.42. The summed E-state index contributed by atoms with van der Waals surface area (Å²) in [5.74, 6) is 0.495. The monoisotopic (exact) mass is 376 g/mol. The van der Waals surface area contributed by atoms with Gasteiger partial charge < -0.3 is 4.74 Å². The number of nitrogens with one attached hydrogen (secondary N) is 1. The molecule has 0 aliphatic heterocycles. The highest BCUT2D eigenvalue weighted by Gasteiger charge is 2.17. The van der Waals surface area contributed by atoms with E-state index in [-0.39, 0.29) is 6.54 Å². The van der Waals surface area contributed by atoms with Crippen molar-refractivity contribution in [2.45, 2.75) is 17.7 Å². The molecular formula is C12H13BrN2O3S2. The van der Waals surface area contributed by atoms with Crippen LogP contribution in [0, 0.1) is 6.92 Å². The molecule has 0 bridgehead atoms. The SMILES string of the molecule is COc1ccc(CNS(=O)(=O)c2cc(C)c(Br)s2)cn1. The van der Waals surface area contributed by atoms with E-state index >= 15 is 0 Å². The van der Waals surface area contributed by atoms with E-state index in [1.807, 2.05) is 6.92 Å². The summed E-state index contributed by atoms with van der Waals surface area (Å²) in [7, 11) is -1.97. The first-order valence-electron chi connectivity index (χ1n) is 5.67. The minimum atomic E-state index is -3.50. The minimum Gasteiger partial charge on any atom is -0.481 e. The number of thiophene rings is 1. The van der Waals surface area contributed by atoms with E-state index in [4.69, 9.17) is 4.74 Å². The number of ether oxygens (including phenoxy) is 1. The second-order valence-electron chi connectivity index (χ2n) is 4.06. The van der Waals surface area contributed by atoms with Gasteiger partial charge in [0.15, 0.2) is 0 Å². The summed E-state index contributed by atoms with van der Waals surface area (Å²) in [5, 5.41) is 0. The molecule has 108 valence electrons. The minimum absolute atomic E-state index is 0.188. The lowest BCUT2D eigenvalue weighted by Gasteiger charge is -2.05. The normalized spacial score (nSPS) is 11.6. The fraction of sp³-hybridized carbons (Fsp3) is 0.250. The Morgan fingerprint density at radius 1 is 1.45 bits per heavy atom. The van der Waals surface area contributed by atoms with E-state index in [0.717, 1.165) is 14.9 Å². The number of aromatic nitrogens is 1. The molecule has 8 heteroatoms. The number of pyridine rings is 1. The molecule has 0 fully saturated rings. The van der Waals surface area contributed by atoms with Gasteiger partial charge in [-0.2, -0.15) is 0 Å². The molecular weight excluding hydrogens is 364 g/mol. The van der Waals surface area contributed by atoms with Crippen LogP contribution in [-0.4, -0.2) is 20.5 Å². The van der Waals surface area contributed by atoms with Crippen LogP contribution in [0.3, 0.4) is 0 Å². The van der Waals surface area contributed by atoms with Gasteiger partial charge in [0.25, 0.3) is 0 Å². The maximum atomic E-state index is 12.1. The van der Waals surface area contributed by atoms with Gasteiger partial charge in [-0.05, 0) is 40.0 Å². The predicted octanol–water partition coefficient (Wildman–Crippen LogP) is 2.70. The van der Waals surface area contributed by atoms with Crippen LogP contribution in [0.2, 0.25) is 0 Å². The van der Waals surface area contributed by atoms with Gasteiger partial charge in [-0.1, -0.05) is 6.07 Å². The lowest BCUT2D eigenvalue weighted by Crippen LogP contribution is -2.22. The molecule has 2 aromatic heterocycles. The average molecular weight is 377 g/mol. The average Bonchev–Trinajstić information content (AvgIpc) is 2.78. The summed E-state index contributed by atoms with van der Waals surface area (Å²) in [5.41, 5.74) is 1.67. The fourth-order valence-corrected chi connectivity index (χ4v) is 4.74. The van der Waals surface area contributed by atoms with E-state index in [9.17, 15) is 8.42 Å². The van der Waals surface area contributed by atoms with Gasteiger partial charge in [0, 0.05) is 18.8 Å². The largest absolute Gasteiger partial charge is 0.481 e. The molecule has 0 amide bonds. The Hall–Kier alpha value is -0.960. The molecule has 0 saturated heterocycles. The summed E-state index contributed by atoms with van der Waals surface area (Å²) in [6.07, 6.45) is 1.58. The molecule has 20 heavy (non-hydrogen) atoms. The highest BCUT2D eigenvalue weighted by atomic mass is 79.9. The number of sulfonamides is 1. The van der Waals surface area contributed by atoms with E-state index in [1.165, 1.54) is 18.4 Å². The topological polar surface area (TPSA) is 68.3 Å². The van der Waals surface area contributed by atoms with Gasteiger partial charge in [-0.15, -0.1) is 11.3 Å². The molecule has 0 spiro atoms. The van der Waals surface area contributed by atoms with E-state index in [2.05, 4.69) is 25.6 Å².